The first-order valence-electron chi connectivity index (χ1n) is 8.26. The van der Waals surface area contributed by atoms with Crippen molar-refractivity contribution in [2.75, 3.05) is 19.7 Å². The average molecular weight is 329 g/mol. The maximum Gasteiger partial charge on any atom is 0.191 e. The predicted molar refractivity (Wildman–Crippen MR) is 92.1 cm³/mol. The van der Waals surface area contributed by atoms with Crippen molar-refractivity contribution in [2.24, 2.45) is 4.99 Å². The highest BCUT2D eigenvalue weighted by atomic mass is 16.5. The first-order valence-corrected chi connectivity index (χ1v) is 8.26. The van der Waals surface area contributed by atoms with Crippen LogP contribution in [0.3, 0.4) is 0 Å². The standard InChI is InChI=1S/C18H23N3O3/c1-2-19-18(20-12-15(22)17-8-5-10-23-17)21-14-9-11-24-16-7-4-3-6-13(14)16/h3-8,10,14-15,22H,2,9,11-12H2,1H3,(H2,19,20,21). The van der Waals surface area contributed by atoms with Gasteiger partial charge in [-0.05, 0) is 25.1 Å². The molecule has 1 aromatic heterocycles. The number of guanidine groups is 1. The van der Waals surface area contributed by atoms with Crippen molar-refractivity contribution >= 4 is 5.96 Å². The van der Waals surface area contributed by atoms with E-state index in [1.165, 1.54) is 0 Å². The lowest BCUT2D eigenvalue weighted by Crippen LogP contribution is -2.41. The molecule has 2 unspecified atom stereocenters. The van der Waals surface area contributed by atoms with E-state index in [0.717, 1.165) is 24.3 Å². The molecular weight excluding hydrogens is 306 g/mol. The van der Waals surface area contributed by atoms with Gasteiger partial charge in [0.25, 0.3) is 0 Å². The SMILES string of the molecule is CCNC(=NCC(O)c1ccco1)NC1CCOc2ccccc21. The summed E-state index contributed by atoms with van der Waals surface area (Å²) < 4.78 is 10.9. The molecule has 1 aromatic carbocycles. The molecule has 3 rings (SSSR count). The smallest absolute Gasteiger partial charge is 0.191 e. The second-order valence-corrected chi connectivity index (χ2v) is 5.62. The van der Waals surface area contributed by atoms with E-state index < -0.39 is 6.10 Å². The number of aliphatic hydroxyl groups excluding tert-OH is 1. The van der Waals surface area contributed by atoms with Gasteiger partial charge in [0, 0.05) is 18.5 Å². The Morgan fingerprint density at radius 1 is 1.33 bits per heavy atom. The van der Waals surface area contributed by atoms with E-state index in [2.05, 4.69) is 21.7 Å². The van der Waals surface area contributed by atoms with E-state index in [-0.39, 0.29) is 12.6 Å². The van der Waals surface area contributed by atoms with Gasteiger partial charge in [-0.25, -0.2) is 0 Å². The van der Waals surface area contributed by atoms with E-state index in [0.29, 0.717) is 18.3 Å². The number of furan rings is 1. The minimum atomic E-state index is -0.752. The van der Waals surface area contributed by atoms with Crippen molar-refractivity contribution in [2.45, 2.75) is 25.5 Å². The molecule has 2 heterocycles. The highest BCUT2D eigenvalue weighted by Gasteiger charge is 2.22. The van der Waals surface area contributed by atoms with Crippen LogP contribution in [0.1, 0.15) is 36.8 Å². The van der Waals surface area contributed by atoms with Crippen LogP contribution in [-0.2, 0) is 0 Å². The summed E-state index contributed by atoms with van der Waals surface area (Å²) in [7, 11) is 0. The van der Waals surface area contributed by atoms with Crippen molar-refractivity contribution in [3.8, 4) is 5.75 Å². The van der Waals surface area contributed by atoms with Crippen molar-refractivity contribution in [1.82, 2.24) is 10.6 Å². The predicted octanol–water partition coefficient (Wildman–Crippen LogP) is 2.39. The molecule has 1 aliphatic heterocycles. The lowest BCUT2D eigenvalue weighted by Gasteiger charge is -2.28. The summed E-state index contributed by atoms with van der Waals surface area (Å²) in [5, 5.41) is 16.8. The highest BCUT2D eigenvalue weighted by molar-refractivity contribution is 5.80. The minimum Gasteiger partial charge on any atom is -0.493 e. The molecule has 6 nitrogen and oxygen atoms in total. The lowest BCUT2D eigenvalue weighted by molar-refractivity contribution is 0.158. The lowest BCUT2D eigenvalue weighted by atomic mass is 10.0. The molecular formula is C18H23N3O3. The van der Waals surface area contributed by atoms with Gasteiger partial charge >= 0.3 is 0 Å². The summed E-state index contributed by atoms with van der Waals surface area (Å²) in [6.07, 6.45) is 1.66. The van der Waals surface area contributed by atoms with Gasteiger partial charge in [-0.15, -0.1) is 0 Å². The third kappa shape index (κ3) is 3.89. The Kier molecular flexibility index (Phi) is 5.38. The van der Waals surface area contributed by atoms with Crippen LogP contribution in [0.2, 0.25) is 0 Å². The van der Waals surface area contributed by atoms with Crippen LogP contribution in [0.5, 0.6) is 5.75 Å². The maximum absolute atomic E-state index is 10.1. The van der Waals surface area contributed by atoms with Crippen molar-refractivity contribution in [3.05, 3.63) is 54.0 Å². The number of aliphatic imine (C=N–C) groups is 1. The second-order valence-electron chi connectivity index (χ2n) is 5.62. The van der Waals surface area contributed by atoms with Crippen LogP contribution in [0.25, 0.3) is 0 Å². The third-order valence-corrected chi connectivity index (χ3v) is 3.91. The fourth-order valence-electron chi connectivity index (χ4n) is 2.73. The minimum absolute atomic E-state index is 0.133. The first kappa shape index (κ1) is 16.4. The van der Waals surface area contributed by atoms with Gasteiger partial charge in [0.15, 0.2) is 5.96 Å². The molecule has 0 aliphatic carbocycles. The van der Waals surface area contributed by atoms with E-state index in [1.807, 2.05) is 25.1 Å². The van der Waals surface area contributed by atoms with Crippen molar-refractivity contribution in [3.63, 3.8) is 0 Å². The number of hydrogen-bond acceptors (Lipinski definition) is 4. The Hall–Kier alpha value is -2.47. The molecule has 3 N–H and O–H groups in total. The fourth-order valence-corrected chi connectivity index (χ4v) is 2.73. The van der Waals surface area contributed by atoms with Gasteiger partial charge in [-0.1, -0.05) is 18.2 Å². The molecule has 0 amide bonds. The van der Waals surface area contributed by atoms with Gasteiger partial charge in [-0.3, -0.25) is 4.99 Å². The quantitative estimate of drug-likeness (QED) is 0.580. The molecule has 24 heavy (non-hydrogen) atoms. The average Bonchev–Trinajstić information content (AvgIpc) is 3.15. The Bertz CT molecular complexity index is 670. The fraction of sp³-hybridized carbons (Fsp3) is 0.389. The number of ether oxygens (including phenoxy) is 1. The number of fused-ring (bicyclic) bond motifs is 1. The molecule has 2 atom stereocenters. The Morgan fingerprint density at radius 2 is 2.21 bits per heavy atom. The molecule has 2 aromatic rings. The summed E-state index contributed by atoms with van der Waals surface area (Å²) in [5.74, 6) is 2.10. The Labute approximate surface area is 141 Å². The van der Waals surface area contributed by atoms with Crippen LogP contribution in [-0.4, -0.2) is 30.8 Å². The molecule has 6 heteroatoms. The zero-order chi connectivity index (χ0) is 16.8. The van der Waals surface area contributed by atoms with Crippen LogP contribution in [0, 0.1) is 0 Å². The van der Waals surface area contributed by atoms with Gasteiger partial charge < -0.3 is 24.9 Å². The third-order valence-electron chi connectivity index (χ3n) is 3.91. The number of aliphatic hydroxyl groups is 1. The van der Waals surface area contributed by atoms with Crippen LogP contribution in [0.4, 0.5) is 0 Å². The van der Waals surface area contributed by atoms with Crippen LogP contribution < -0.4 is 15.4 Å². The van der Waals surface area contributed by atoms with Gasteiger partial charge in [0.2, 0.25) is 0 Å². The van der Waals surface area contributed by atoms with Crippen molar-refractivity contribution in [1.29, 1.82) is 0 Å². The summed E-state index contributed by atoms with van der Waals surface area (Å²) >= 11 is 0. The molecule has 0 fully saturated rings. The summed E-state index contributed by atoms with van der Waals surface area (Å²) in [6, 6.07) is 11.7. The maximum atomic E-state index is 10.1. The zero-order valence-electron chi connectivity index (χ0n) is 13.7. The molecule has 0 saturated heterocycles. The van der Waals surface area contributed by atoms with E-state index in [9.17, 15) is 5.11 Å². The van der Waals surface area contributed by atoms with E-state index >= 15 is 0 Å². The molecule has 128 valence electrons. The van der Waals surface area contributed by atoms with E-state index in [1.54, 1.807) is 18.4 Å². The Balaban J connectivity index is 1.69. The molecule has 0 saturated carbocycles. The second kappa shape index (κ2) is 7.88. The van der Waals surface area contributed by atoms with Gasteiger partial charge in [0.1, 0.15) is 17.6 Å². The van der Waals surface area contributed by atoms with Crippen LogP contribution >= 0.6 is 0 Å². The number of para-hydroxylation sites is 1. The number of benzene rings is 1. The van der Waals surface area contributed by atoms with Gasteiger partial charge in [-0.2, -0.15) is 0 Å². The van der Waals surface area contributed by atoms with Gasteiger partial charge in [0.05, 0.1) is 25.5 Å². The zero-order valence-corrected chi connectivity index (χ0v) is 13.7. The molecule has 0 bridgehead atoms. The summed E-state index contributed by atoms with van der Waals surface area (Å²) in [6.45, 7) is 3.66. The largest absolute Gasteiger partial charge is 0.493 e. The monoisotopic (exact) mass is 329 g/mol. The number of hydrogen-bond donors (Lipinski definition) is 3. The van der Waals surface area contributed by atoms with E-state index in [4.69, 9.17) is 9.15 Å². The summed E-state index contributed by atoms with van der Waals surface area (Å²) in [4.78, 5) is 4.48. The first-order chi connectivity index (χ1) is 11.8. The number of nitrogens with one attached hydrogen (secondary N) is 2. The topological polar surface area (TPSA) is 79.0 Å². The molecule has 1 aliphatic rings. The number of rotatable bonds is 5. The summed E-state index contributed by atoms with van der Waals surface area (Å²) in [5.41, 5.74) is 1.13. The Morgan fingerprint density at radius 3 is 3.00 bits per heavy atom. The highest BCUT2D eigenvalue weighted by Crippen LogP contribution is 2.31. The normalized spacial score (nSPS) is 18.4. The molecule has 0 spiro atoms. The molecule has 0 radical (unpaired) electrons. The van der Waals surface area contributed by atoms with Crippen molar-refractivity contribution < 1.29 is 14.3 Å². The number of nitrogens with zero attached hydrogens (tertiary/aromatic N) is 1. The van der Waals surface area contributed by atoms with Crippen LogP contribution in [0.15, 0.2) is 52.1 Å².